The van der Waals surface area contributed by atoms with Gasteiger partial charge in [-0.1, -0.05) is 48.5 Å². The molecule has 0 saturated carbocycles. The molecule has 0 spiro atoms. The van der Waals surface area contributed by atoms with Crippen LogP contribution in [0.25, 0.3) is 0 Å². The van der Waals surface area contributed by atoms with Gasteiger partial charge in [0.15, 0.2) is 0 Å². The predicted molar refractivity (Wildman–Crippen MR) is 95.4 cm³/mol. The Kier molecular flexibility index (Phi) is 5.60. The minimum Gasteiger partial charge on any atom is -0.473 e. The normalized spacial score (nSPS) is 11.3. The molecule has 7 heteroatoms. The van der Waals surface area contributed by atoms with E-state index < -0.39 is 20.7 Å². The Hall–Kier alpha value is -2.77. The maximum absolute atomic E-state index is 13.7. The summed E-state index contributed by atoms with van der Waals surface area (Å²) in [6.45, 7) is 0.250. The SMILES string of the molecule is O=S(=O)(NCc1cccnc1OCc1ccccc1)c1ccccc1F. The highest BCUT2D eigenvalue weighted by atomic mass is 32.2. The summed E-state index contributed by atoms with van der Waals surface area (Å²) >= 11 is 0. The number of pyridine rings is 1. The van der Waals surface area contributed by atoms with Gasteiger partial charge < -0.3 is 4.74 Å². The molecule has 1 heterocycles. The van der Waals surface area contributed by atoms with Gasteiger partial charge in [0.2, 0.25) is 15.9 Å². The fraction of sp³-hybridized carbons (Fsp3) is 0.105. The zero-order valence-electron chi connectivity index (χ0n) is 13.8. The fourth-order valence-corrected chi connectivity index (χ4v) is 3.41. The van der Waals surface area contributed by atoms with Crippen molar-refractivity contribution in [3.8, 4) is 5.88 Å². The van der Waals surface area contributed by atoms with Gasteiger partial charge in [0.05, 0.1) is 0 Å². The molecule has 0 aliphatic rings. The lowest BCUT2D eigenvalue weighted by atomic mass is 10.2. The van der Waals surface area contributed by atoms with E-state index in [0.29, 0.717) is 18.1 Å². The lowest BCUT2D eigenvalue weighted by molar-refractivity contribution is 0.290. The van der Waals surface area contributed by atoms with E-state index in [-0.39, 0.29) is 6.54 Å². The van der Waals surface area contributed by atoms with Crippen LogP contribution < -0.4 is 9.46 Å². The molecule has 0 unspecified atom stereocenters. The van der Waals surface area contributed by atoms with E-state index in [1.165, 1.54) is 18.2 Å². The quantitative estimate of drug-likeness (QED) is 0.691. The zero-order valence-corrected chi connectivity index (χ0v) is 14.6. The predicted octanol–water partition coefficient (Wildman–Crippen LogP) is 3.28. The summed E-state index contributed by atoms with van der Waals surface area (Å²) in [6.07, 6.45) is 1.56. The van der Waals surface area contributed by atoms with Crippen molar-refractivity contribution >= 4 is 10.0 Å². The molecule has 3 rings (SSSR count). The molecule has 1 N–H and O–H groups in total. The lowest BCUT2D eigenvalue weighted by Crippen LogP contribution is -2.24. The van der Waals surface area contributed by atoms with Crippen molar-refractivity contribution in [3.63, 3.8) is 0 Å². The second-order valence-electron chi connectivity index (χ2n) is 5.50. The fourth-order valence-electron chi connectivity index (χ4n) is 2.33. The highest BCUT2D eigenvalue weighted by Crippen LogP contribution is 2.18. The molecule has 0 aliphatic carbocycles. The van der Waals surface area contributed by atoms with Crippen LogP contribution >= 0.6 is 0 Å². The average Bonchev–Trinajstić information content (AvgIpc) is 2.66. The molecule has 0 aliphatic heterocycles. The molecule has 5 nitrogen and oxygen atoms in total. The molecule has 2 aromatic carbocycles. The van der Waals surface area contributed by atoms with Gasteiger partial charge in [-0.05, 0) is 23.8 Å². The molecule has 1 aromatic heterocycles. The number of halogens is 1. The van der Waals surface area contributed by atoms with Crippen LogP contribution in [0.1, 0.15) is 11.1 Å². The Morgan fingerprint density at radius 3 is 2.46 bits per heavy atom. The third-order valence-corrected chi connectivity index (χ3v) is 5.08. The molecule has 3 aromatic rings. The minimum atomic E-state index is -3.98. The lowest BCUT2D eigenvalue weighted by Gasteiger charge is -2.12. The molecular formula is C19H17FN2O3S. The van der Waals surface area contributed by atoms with Crippen LogP contribution in [0.2, 0.25) is 0 Å². The van der Waals surface area contributed by atoms with Crippen LogP contribution in [0.4, 0.5) is 4.39 Å². The molecule has 0 radical (unpaired) electrons. The number of rotatable bonds is 7. The van der Waals surface area contributed by atoms with Crippen LogP contribution in [0, 0.1) is 5.82 Å². The van der Waals surface area contributed by atoms with Crippen LogP contribution in [0.5, 0.6) is 5.88 Å². The summed E-state index contributed by atoms with van der Waals surface area (Å²) < 4.78 is 46.4. The van der Waals surface area contributed by atoms with E-state index in [4.69, 9.17) is 4.74 Å². The van der Waals surface area contributed by atoms with E-state index in [2.05, 4.69) is 9.71 Å². The molecule has 0 saturated heterocycles. The van der Waals surface area contributed by atoms with Crippen LogP contribution in [0.3, 0.4) is 0 Å². The first-order chi connectivity index (χ1) is 12.6. The van der Waals surface area contributed by atoms with Crippen molar-refractivity contribution in [2.45, 2.75) is 18.0 Å². The third-order valence-electron chi connectivity index (χ3n) is 3.65. The highest BCUT2D eigenvalue weighted by Gasteiger charge is 2.19. The van der Waals surface area contributed by atoms with Crippen LogP contribution in [0.15, 0.2) is 77.8 Å². The van der Waals surface area contributed by atoms with Gasteiger partial charge in [0.1, 0.15) is 17.3 Å². The second-order valence-corrected chi connectivity index (χ2v) is 7.23. The summed E-state index contributed by atoms with van der Waals surface area (Å²) in [6, 6.07) is 18.2. The van der Waals surface area contributed by atoms with Gasteiger partial charge in [-0.3, -0.25) is 0 Å². The highest BCUT2D eigenvalue weighted by molar-refractivity contribution is 7.89. The first-order valence-electron chi connectivity index (χ1n) is 7.91. The molecule has 0 fully saturated rings. The maximum Gasteiger partial charge on any atom is 0.243 e. The van der Waals surface area contributed by atoms with Gasteiger partial charge in [0, 0.05) is 18.3 Å². The van der Waals surface area contributed by atoms with Crippen LogP contribution in [-0.2, 0) is 23.2 Å². The number of nitrogens with zero attached hydrogens (tertiary/aromatic N) is 1. The number of sulfonamides is 1. The standard InChI is InChI=1S/C19H17FN2O3S/c20-17-10-4-5-11-18(17)26(23,24)22-13-16-9-6-12-21-19(16)25-14-15-7-2-1-3-8-15/h1-12,22H,13-14H2. The zero-order chi connectivity index (χ0) is 18.4. The Morgan fingerprint density at radius 1 is 0.962 bits per heavy atom. The van der Waals surface area contributed by atoms with Crippen molar-refractivity contribution in [3.05, 3.63) is 89.9 Å². The van der Waals surface area contributed by atoms with Gasteiger partial charge in [-0.25, -0.2) is 22.5 Å². The van der Waals surface area contributed by atoms with Gasteiger partial charge in [-0.15, -0.1) is 0 Å². The van der Waals surface area contributed by atoms with Crippen molar-refractivity contribution in [1.82, 2.24) is 9.71 Å². The first kappa shape index (κ1) is 18.0. The molecular weight excluding hydrogens is 355 g/mol. The summed E-state index contributed by atoms with van der Waals surface area (Å²) in [5.41, 5.74) is 1.53. The molecule has 0 bridgehead atoms. The third kappa shape index (κ3) is 4.44. The Bertz CT molecular complexity index is 979. The van der Waals surface area contributed by atoms with E-state index in [0.717, 1.165) is 11.6 Å². The number of nitrogens with one attached hydrogen (secondary N) is 1. The number of ether oxygens (including phenoxy) is 1. The Balaban J connectivity index is 1.71. The number of hydrogen-bond acceptors (Lipinski definition) is 4. The topological polar surface area (TPSA) is 68.3 Å². The molecule has 0 atom stereocenters. The van der Waals surface area contributed by atoms with E-state index >= 15 is 0 Å². The second kappa shape index (κ2) is 8.07. The first-order valence-corrected chi connectivity index (χ1v) is 9.39. The number of benzene rings is 2. The maximum atomic E-state index is 13.7. The van der Waals surface area contributed by atoms with E-state index in [9.17, 15) is 12.8 Å². The summed E-state index contributed by atoms with van der Waals surface area (Å²) in [5.74, 6) is -0.473. The molecule has 134 valence electrons. The van der Waals surface area contributed by atoms with E-state index in [1.54, 1.807) is 18.3 Å². The van der Waals surface area contributed by atoms with Crippen molar-refractivity contribution in [2.24, 2.45) is 0 Å². The smallest absolute Gasteiger partial charge is 0.243 e. The van der Waals surface area contributed by atoms with Crippen molar-refractivity contribution in [2.75, 3.05) is 0 Å². The number of hydrogen-bond donors (Lipinski definition) is 1. The number of aromatic nitrogens is 1. The van der Waals surface area contributed by atoms with Crippen LogP contribution in [-0.4, -0.2) is 13.4 Å². The Morgan fingerprint density at radius 2 is 1.69 bits per heavy atom. The average molecular weight is 372 g/mol. The molecule has 0 amide bonds. The summed E-state index contributed by atoms with van der Waals surface area (Å²) in [4.78, 5) is 3.76. The van der Waals surface area contributed by atoms with Crippen molar-refractivity contribution < 1.29 is 17.5 Å². The Labute approximate surface area is 151 Å². The van der Waals surface area contributed by atoms with Crippen molar-refractivity contribution in [1.29, 1.82) is 0 Å². The molecule has 26 heavy (non-hydrogen) atoms. The largest absolute Gasteiger partial charge is 0.473 e. The van der Waals surface area contributed by atoms with E-state index in [1.807, 2.05) is 30.3 Å². The van der Waals surface area contributed by atoms with Gasteiger partial charge >= 0.3 is 0 Å². The van der Waals surface area contributed by atoms with Gasteiger partial charge in [0.25, 0.3) is 0 Å². The minimum absolute atomic E-state index is 0.0609. The van der Waals surface area contributed by atoms with Gasteiger partial charge in [-0.2, -0.15) is 0 Å². The summed E-state index contributed by atoms with van der Waals surface area (Å²) in [7, 11) is -3.98. The monoisotopic (exact) mass is 372 g/mol. The summed E-state index contributed by atoms with van der Waals surface area (Å²) in [5, 5.41) is 0.